The minimum atomic E-state index is -0.376. The Labute approximate surface area is 169 Å². The zero-order chi connectivity index (χ0) is 20.4. The number of rotatable bonds is 4. The maximum absolute atomic E-state index is 13.6. The lowest BCUT2D eigenvalue weighted by Crippen LogP contribution is -2.25. The molecule has 0 fully saturated rings. The van der Waals surface area contributed by atoms with Gasteiger partial charge in [-0.3, -0.25) is 4.79 Å². The van der Waals surface area contributed by atoms with Gasteiger partial charge in [0.05, 0.1) is 16.4 Å². The van der Waals surface area contributed by atoms with Crippen molar-refractivity contribution in [3.8, 4) is 0 Å². The van der Waals surface area contributed by atoms with Gasteiger partial charge in [0.25, 0.3) is 5.91 Å². The number of fused-ring (bicyclic) bond motifs is 1. The van der Waals surface area contributed by atoms with Gasteiger partial charge in [-0.1, -0.05) is 41.2 Å². The van der Waals surface area contributed by atoms with Crippen molar-refractivity contribution in [1.82, 2.24) is 4.98 Å². The first-order valence-electron chi connectivity index (χ1n) is 8.76. The average molecular weight is 407 g/mol. The predicted molar refractivity (Wildman–Crippen MR) is 112 cm³/mol. The molecule has 0 saturated carbocycles. The Hall–Kier alpha value is -3.45. The van der Waals surface area contributed by atoms with Gasteiger partial charge in [0.2, 0.25) is 5.13 Å². The van der Waals surface area contributed by atoms with E-state index in [4.69, 9.17) is 0 Å². The molecular weight excluding hydrogens is 392 g/mol. The molecule has 4 rings (SSSR count). The number of benzene rings is 3. The Kier molecular flexibility index (Phi) is 5.14. The summed E-state index contributed by atoms with van der Waals surface area (Å²) < 4.78 is 27.3. The highest BCUT2D eigenvalue weighted by Crippen LogP contribution is 2.30. The molecule has 4 aromatic rings. The summed E-state index contributed by atoms with van der Waals surface area (Å²) in [5.41, 5.74) is 2.59. The zero-order valence-electron chi connectivity index (χ0n) is 15.3. The quantitative estimate of drug-likeness (QED) is 0.328. The van der Waals surface area contributed by atoms with Crippen LogP contribution in [-0.2, 0) is 0 Å². The van der Waals surface area contributed by atoms with Crippen molar-refractivity contribution in [2.45, 2.75) is 6.92 Å². The van der Waals surface area contributed by atoms with E-state index < -0.39 is 0 Å². The lowest BCUT2D eigenvalue weighted by atomic mass is 10.1. The smallest absolute Gasteiger partial charge is 0.267 e. The molecule has 0 N–H and O–H groups in total. The maximum atomic E-state index is 13.6. The fourth-order valence-electron chi connectivity index (χ4n) is 2.74. The van der Waals surface area contributed by atoms with E-state index in [2.05, 4.69) is 10.1 Å². The van der Waals surface area contributed by atoms with E-state index in [0.717, 1.165) is 16.9 Å². The third-order valence-electron chi connectivity index (χ3n) is 4.17. The molecule has 3 aromatic carbocycles. The zero-order valence-corrected chi connectivity index (χ0v) is 16.2. The molecule has 144 valence electrons. The molecule has 1 amide bonds. The SMILES string of the molecule is Cc1cccc(C(=O)N(/N=C/c2ccc(F)cc2)c2nc3ccc(F)cc3s2)c1. The number of thiazole rings is 1. The number of nitrogens with zero attached hydrogens (tertiary/aromatic N) is 3. The number of aryl methyl sites for hydroxylation is 1. The van der Waals surface area contributed by atoms with E-state index in [1.807, 2.05) is 13.0 Å². The fraction of sp³-hybridized carbons (Fsp3) is 0.0455. The van der Waals surface area contributed by atoms with Crippen LogP contribution in [0.4, 0.5) is 13.9 Å². The van der Waals surface area contributed by atoms with Gasteiger partial charge in [0.1, 0.15) is 11.6 Å². The number of hydrogen-bond acceptors (Lipinski definition) is 4. The van der Waals surface area contributed by atoms with Gasteiger partial charge in [0, 0.05) is 5.56 Å². The summed E-state index contributed by atoms with van der Waals surface area (Å²) in [5, 5.41) is 5.80. The van der Waals surface area contributed by atoms with Crippen LogP contribution in [0.2, 0.25) is 0 Å². The molecular formula is C22H15F2N3OS. The second-order valence-electron chi connectivity index (χ2n) is 6.39. The molecule has 0 saturated heterocycles. The number of halogens is 2. The predicted octanol–water partition coefficient (Wildman–Crippen LogP) is 5.56. The number of aromatic nitrogens is 1. The number of carbonyl (C=O) groups is 1. The average Bonchev–Trinajstić information content (AvgIpc) is 3.12. The molecule has 29 heavy (non-hydrogen) atoms. The number of anilines is 1. The molecule has 1 aromatic heterocycles. The minimum absolute atomic E-state index is 0.315. The molecule has 1 heterocycles. The number of hydrogen-bond donors (Lipinski definition) is 0. The maximum Gasteiger partial charge on any atom is 0.280 e. The summed E-state index contributed by atoms with van der Waals surface area (Å²) >= 11 is 1.16. The lowest BCUT2D eigenvalue weighted by molar-refractivity contribution is 0.0987. The highest BCUT2D eigenvalue weighted by atomic mass is 32.1. The largest absolute Gasteiger partial charge is 0.280 e. The summed E-state index contributed by atoms with van der Waals surface area (Å²) in [6, 6.07) is 17.1. The van der Waals surface area contributed by atoms with Crippen LogP contribution in [0.15, 0.2) is 71.8 Å². The van der Waals surface area contributed by atoms with Gasteiger partial charge in [-0.15, -0.1) is 0 Å². The van der Waals surface area contributed by atoms with Gasteiger partial charge in [0.15, 0.2) is 0 Å². The molecule has 0 atom stereocenters. The molecule has 0 spiro atoms. The second kappa shape index (κ2) is 7.89. The molecule has 0 aliphatic heterocycles. The third kappa shape index (κ3) is 4.20. The molecule has 0 radical (unpaired) electrons. The second-order valence-corrected chi connectivity index (χ2v) is 7.40. The minimum Gasteiger partial charge on any atom is -0.267 e. The topological polar surface area (TPSA) is 45.6 Å². The first kappa shape index (κ1) is 18.9. The molecule has 0 bridgehead atoms. The normalized spacial score (nSPS) is 11.3. The van der Waals surface area contributed by atoms with Crippen LogP contribution in [-0.4, -0.2) is 17.1 Å². The third-order valence-corrected chi connectivity index (χ3v) is 5.16. The van der Waals surface area contributed by atoms with E-state index in [1.54, 1.807) is 36.4 Å². The summed E-state index contributed by atoms with van der Waals surface area (Å²) in [7, 11) is 0. The Balaban J connectivity index is 1.76. The Morgan fingerprint density at radius 3 is 2.55 bits per heavy atom. The molecule has 0 aliphatic rings. The fourth-order valence-corrected chi connectivity index (χ4v) is 3.69. The van der Waals surface area contributed by atoms with Crippen LogP contribution < -0.4 is 5.01 Å². The van der Waals surface area contributed by atoms with E-state index in [1.165, 1.54) is 35.5 Å². The van der Waals surface area contributed by atoms with E-state index in [-0.39, 0.29) is 17.5 Å². The highest BCUT2D eigenvalue weighted by molar-refractivity contribution is 7.22. The highest BCUT2D eigenvalue weighted by Gasteiger charge is 2.21. The van der Waals surface area contributed by atoms with Crippen molar-refractivity contribution in [2.75, 3.05) is 5.01 Å². The Bertz CT molecular complexity index is 1220. The number of carbonyl (C=O) groups excluding carboxylic acids is 1. The Morgan fingerprint density at radius 1 is 1.03 bits per heavy atom. The summed E-state index contributed by atoms with van der Waals surface area (Å²) in [4.78, 5) is 17.6. The van der Waals surface area contributed by atoms with Crippen molar-refractivity contribution in [1.29, 1.82) is 0 Å². The monoisotopic (exact) mass is 407 g/mol. The standard InChI is InChI=1S/C22H15F2N3OS/c1-14-3-2-4-16(11-14)21(28)27(25-13-15-5-7-17(23)8-6-15)22-26-19-10-9-18(24)12-20(19)29-22/h2-13H,1H3/b25-13+. The molecule has 0 unspecified atom stereocenters. The summed E-state index contributed by atoms with van der Waals surface area (Å²) in [5.74, 6) is -1.10. The van der Waals surface area contributed by atoms with E-state index >= 15 is 0 Å². The number of amides is 1. The van der Waals surface area contributed by atoms with Crippen LogP contribution >= 0.6 is 11.3 Å². The van der Waals surface area contributed by atoms with Crippen molar-refractivity contribution in [3.05, 3.63) is 95.1 Å². The van der Waals surface area contributed by atoms with Crippen molar-refractivity contribution < 1.29 is 13.6 Å². The Morgan fingerprint density at radius 2 is 1.79 bits per heavy atom. The van der Waals surface area contributed by atoms with Gasteiger partial charge >= 0.3 is 0 Å². The summed E-state index contributed by atoms with van der Waals surface area (Å²) in [6.45, 7) is 1.89. The van der Waals surface area contributed by atoms with Gasteiger partial charge in [-0.25, -0.2) is 13.8 Å². The van der Waals surface area contributed by atoms with Crippen LogP contribution in [0.5, 0.6) is 0 Å². The van der Waals surface area contributed by atoms with Gasteiger partial charge < -0.3 is 0 Å². The number of hydrazone groups is 1. The van der Waals surface area contributed by atoms with Crippen molar-refractivity contribution >= 4 is 38.8 Å². The van der Waals surface area contributed by atoms with Gasteiger partial charge in [-0.2, -0.15) is 10.1 Å². The summed E-state index contributed by atoms with van der Waals surface area (Å²) in [6.07, 6.45) is 1.46. The van der Waals surface area contributed by atoms with E-state index in [9.17, 15) is 13.6 Å². The van der Waals surface area contributed by atoms with Gasteiger partial charge in [-0.05, 0) is 55.0 Å². The van der Waals surface area contributed by atoms with E-state index in [0.29, 0.717) is 26.5 Å². The van der Waals surface area contributed by atoms with Crippen molar-refractivity contribution in [3.63, 3.8) is 0 Å². The van der Waals surface area contributed by atoms with Crippen molar-refractivity contribution in [2.24, 2.45) is 5.10 Å². The first-order valence-corrected chi connectivity index (χ1v) is 9.58. The van der Waals surface area contributed by atoms with Crippen LogP contribution in [0, 0.1) is 18.6 Å². The van der Waals surface area contributed by atoms with Crippen LogP contribution in [0.1, 0.15) is 21.5 Å². The first-order chi connectivity index (χ1) is 14.0. The molecule has 4 nitrogen and oxygen atoms in total. The van der Waals surface area contributed by atoms with Crippen LogP contribution in [0.25, 0.3) is 10.2 Å². The molecule has 7 heteroatoms. The lowest BCUT2D eigenvalue weighted by Gasteiger charge is -2.14. The van der Waals surface area contributed by atoms with Crippen LogP contribution in [0.3, 0.4) is 0 Å². The molecule has 0 aliphatic carbocycles.